The van der Waals surface area contributed by atoms with Gasteiger partial charge in [-0.05, 0) is 80.4 Å². The van der Waals surface area contributed by atoms with Crippen molar-refractivity contribution in [1.82, 2.24) is 4.57 Å². The maximum Gasteiger partial charge on any atom is 0.210 e. The third-order valence-electron chi connectivity index (χ3n) is 6.79. The van der Waals surface area contributed by atoms with E-state index in [0.29, 0.717) is 34.6 Å². The van der Waals surface area contributed by atoms with Crippen molar-refractivity contribution in [2.75, 3.05) is 14.2 Å². The first-order chi connectivity index (χ1) is 18.0. The first-order valence-electron chi connectivity index (χ1n) is 12.9. The monoisotopic (exact) mass is 498 g/mol. The molecule has 0 atom stereocenters. The van der Waals surface area contributed by atoms with Gasteiger partial charge in [0.2, 0.25) is 5.78 Å². The molecule has 0 aliphatic carbocycles. The number of rotatable bonds is 12. The molecule has 0 saturated heterocycles. The standard InChI is InChI=1S/C31H34N2O4/c1-5-7-8-9-10-27(32-37-4)31(35)23-14-18-29-26(20-23)25-19-22(13-17-28(25)33(29)6-2)30(34)21-11-15-24(36-3)16-12-21/h11-20H,5-10H2,1-4H3/b32-27+. The molecule has 0 fully saturated rings. The number of ether oxygens (including phenoxy) is 1. The Morgan fingerprint density at radius 2 is 1.41 bits per heavy atom. The number of nitrogens with zero attached hydrogens (tertiary/aromatic N) is 2. The van der Waals surface area contributed by atoms with Gasteiger partial charge >= 0.3 is 0 Å². The zero-order valence-electron chi connectivity index (χ0n) is 22.0. The number of hydrogen-bond acceptors (Lipinski definition) is 5. The van der Waals surface area contributed by atoms with Gasteiger partial charge < -0.3 is 14.1 Å². The van der Waals surface area contributed by atoms with Gasteiger partial charge in [0, 0.05) is 45.0 Å². The normalized spacial score (nSPS) is 11.7. The second kappa shape index (κ2) is 11.9. The molecule has 0 bridgehead atoms. The highest BCUT2D eigenvalue weighted by atomic mass is 16.6. The summed E-state index contributed by atoms with van der Waals surface area (Å²) in [5, 5.41) is 5.94. The lowest BCUT2D eigenvalue weighted by Crippen LogP contribution is -2.15. The van der Waals surface area contributed by atoms with Crippen molar-refractivity contribution >= 4 is 39.1 Å². The quantitative estimate of drug-likeness (QED) is 0.0895. The summed E-state index contributed by atoms with van der Waals surface area (Å²) in [7, 11) is 3.07. The van der Waals surface area contributed by atoms with Gasteiger partial charge in [0.05, 0.1) is 7.11 Å². The van der Waals surface area contributed by atoms with Crippen LogP contribution >= 0.6 is 0 Å². The molecule has 4 rings (SSSR count). The third kappa shape index (κ3) is 5.43. The molecular weight excluding hydrogens is 464 g/mol. The van der Waals surface area contributed by atoms with Gasteiger partial charge in [-0.1, -0.05) is 31.3 Å². The number of fused-ring (bicyclic) bond motifs is 3. The van der Waals surface area contributed by atoms with E-state index >= 15 is 0 Å². The minimum atomic E-state index is -0.122. The number of unbranched alkanes of at least 4 members (excludes halogenated alkanes) is 3. The minimum absolute atomic E-state index is 0.0595. The first kappa shape index (κ1) is 26.1. The Labute approximate surface area is 217 Å². The topological polar surface area (TPSA) is 69.9 Å². The number of Topliss-reactive ketones (excluding diaryl/α,β-unsaturated/α-hetero) is 1. The maximum atomic E-state index is 13.4. The van der Waals surface area contributed by atoms with E-state index in [4.69, 9.17) is 9.57 Å². The van der Waals surface area contributed by atoms with E-state index in [2.05, 4.69) is 23.6 Å². The van der Waals surface area contributed by atoms with Crippen LogP contribution in [-0.4, -0.2) is 36.1 Å². The first-order valence-corrected chi connectivity index (χ1v) is 12.9. The molecule has 0 unspecified atom stereocenters. The number of benzene rings is 3. The molecule has 6 heteroatoms. The molecule has 0 radical (unpaired) electrons. The van der Waals surface area contributed by atoms with Gasteiger partial charge in [0.15, 0.2) is 5.78 Å². The zero-order valence-corrected chi connectivity index (χ0v) is 22.0. The molecule has 0 aliphatic heterocycles. The number of methoxy groups -OCH3 is 1. The Kier molecular flexibility index (Phi) is 8.39. The highest BCUT2D eigenvalue weighted by Crippen LogP contribution is 2.32. The van der Waals surface area contributed by atoms with Crippen LogP contribution in [-0.2, 0) is 11.4 Å². The molecule has 192 valence electrons. The molecule has 0 N–H and O–H groups in total. The highest BCUT2D eigenvalue weighted by Gasteiger charge is 2.19. The Morgan fingerprint density at radius 3 is 2.00 bits per heavy atom. The maximum absolute atomic E-state index is 13.4. The lowest BCUT2D eigenvalue weighted by atomic mass is 9.98. The van der Waals surface area contributed by atoms with Gasteiger partial charge in [-0.3, -0.25) is 9.59 Å². The summed E-state index contributed by atoms with van der Waals surface area (Å²) in [6.45, 7) is 5.02. The molecule has 0 aliphatic rings. The SMILES string of the molecule is CCCCCC/C(=N\OC)C(=O)c1ccc2c(c1)c1cc(C(=O)c3ccc(OC)cc3)ccc1n2CC. The van der Waals surface area contributed by atoms with E-state index in [0.717, 1.165) is 54.0 Å². The van der Waals surface area contributed by atoms with Crippen LogP contribution in [0.4, 0.5) is 0 Å². The predicted molar refractivity (Wildman–Crippen MR) is 149 cm³/mol. The molecule has 0 saturated carbocycles. The van der Waals surface area contributed by atoms with E-state index in [9.17, 15) is 9.59 Å². The molecule has 3 aromatic carbocycles. The third-order valence-corrected chi connectivity index (χ3v) is 6.79. The average Bonchev–Trinajstić information content (AvgIpc) is 3.26. The summed E-state index contributed by atoms with van der Waals surface area (Å²) in [4.78, 5) is 31.6. The van der Waals surface area contributed by atoms with Crippen molar-refractivity contribution in [2.24, 2.45) is 5.16 Å². The lowest BCUT2D eigenvalue weighted by molar-refractivity contribution is 0.103. The number of aromatic nitrogens is 1. The van der Waals surface area contributed by atoms with Crippen LogP contribution in [0.25, 0.3) is 21.8 Å². The predicted octanol–water partition coefficient (Wildman–Crippen LogP) is 7.21. The van der Waals surface area contributed by atoms with E-state index in [-0.39, 0.29) is 11.6 Å². The molecule has 0 spiro atoms. The zero-order chi connectivity index (χ0) is 26.4. The van der Waals surface area contributed by atoms with E-state index in [1.807, 2.05) is 36.4 Å². The summed E-state index contributed by atoms with van der Waals surface area (Å²) in [5.41, 5.74) is 4.25. The average molecular weight is 499 g/mol. The molecule has 1 aromatic heterocycles. The van der Waals surface area contributed by atoms with Crippen molar-refractivity contribution in [1.29, 1.82) is 0 Å². The Morgan fingerprint density at radius 1 is 0.784 bits per heavy atom. The largest absolute Gasteiger partial charge is 0.497 e. The molecular formula is C31H34N2O4. The van der Waals surface area contributed by atoms with Gasteiger partial charge in [0.1, 0.15) is 18.6 Å². The van der Waals surface area contributed by atoms with Crippen LogP contribution in [0.5, 0.6) is 5.75 Å². The van der Waals surface area contributed by atoms with Crippen LogP contribution in [0.15, 0.2) is 65.8 Å². The molecule has 6 nitrogen and oxygen atoms in total. The van der Waals surface area contributed by atoms with Crippen LogP contribution in [0.3, 0.4) is 0 Å². The number of ketones is 2. The lowest BCUT2D eigenvalue weighted by Gasteiger charge is -2.07. The van der Waals surface area contributed by atoms with E-state index < -0.39 is 0 Å². The summed E-state index contributed by atoms with van der Waals surface area (Å²) in [6, 6.07) is 18.7. The van der Waals surface area contributed by atoms with Crippen LogP contribution in [0.2, 0.25) is 0 Å². The highest BCUT2D eigenvalue weighted by molar-refractivity contribution is 6.46. The van der Waals surface area contributed by atoms with Crippen LogP contribution in [0.1, 0.15) is 72.2 Å². The molecule has 37 heavy (non-hydrogen) atoms. The van der Waals surface area contributed by atoms with Gasteiger partial charge in [0.25, 0.3) is 0 Å². The fourth-order valence-electron chi connectivity index (χ4n) is 4.83. The Bertz CT molecular complexity index is 1450. The van der Waals surface area contributed by atoms with E-state index in [1.165, 1.54) is 7.11 Å². The van der Waals surface area contributed by atoms with Crippen molar-refractivity contribution in [3.8, 4) is 5.75 Å². The van der Waals surface area contributed by atoms with Crippen molar-refractivity contribution in [2.45, 2.75) is 52.5 Å². The molecule has 4 aromatic rings. The van der Waals surface area contributed by atoms with Crippen molar-refractivity contribution in [3.63, 3.8) is 0 Å². The second-order valence-corrected chi connectivity index (χ2v) is 9.13. The van der Waals surface area contributed by atoms with Crippen molar-refractivity contribution in [3.05, 3.63) is 77.4 Å². The fraction of sp³-hybridized carbons (Fsp3) is 0.323. The van der Waals surface area contributed by atoms with Gasteiger partial charge in [-0.2, -0.15) is 0 Å². The summed E-state index contributed by atoms with van der Waals surface area (Å²) in [6.07, 6.45) is 4.80. The van der Waals surface area contributed by atoms with E-state index in [1.54, 1.807) is 31.4 Å². The fourth-order valence-corrected chi connectivity index (χ4v) is 4.83. The summed E-state index contributed by atoms with van der Waals surface area (Å²) >= 11 is 0. The Balaban J connectivity index is 1.74. The summed E-state index contributed by atoms with van der Waals surface area (Å²) < 4.78 is 7.42. The number of hydrogen-bond donors (Lipinski definition) is 0. The molecule has 1 heterocycles. The van der Waals surface area contributed by atoms with Gasteiger partial charge in [-0.15, -0.1) is 0 Å². The van der Waals surface area contributed by atoms with Crippen LogP contribution < -0.4 is 4.74 Å². The van der Waals surface area contributed by atoms with Crippen molar-refractivity contribution < 1.29 is 19.2 Å². The number of carbonyl (C=O) groups is 2. The smallest absolute Gasteiger partial charge is 0.210 e. The van der Waals surface area contributed by atoms with Gasteiger partial charge in [-0.25, -0.2) is 0 Å². The summed E-state index contributed by atoms with van der Waals surface area (Å²) in [5.74, 6) is 0.524. The Hall–Kier alpha value is -3.93. The molecule has 0 amide bonds. The minimum Gasteiger partial charge on any atom is -0.497 e. The number of carbonyl (C=O) groups excluding carboxylic acids is 2. The number of oxime groups is 1. The number of aryl methyl sites for hydroxylation is 1. The second-order valence-electron chi connectivity index (χ2n) is 9.13. The van der Waals surface area contributed by atoms with Crippen LogP contribution in [0, 0.1) is 0 Å².